The van der Waals surface area contributed by atoms with Gasteiger partial charge in [0.15, 0.2) is 0 Å². The fourth-order valence-electron chi connectivity index (χ4n) is 3.22. The molecule has 0 saturated heterocycles. The second kappa shape index (κ2) is 4.29. The van der Waals surface area contributed by atoms with Crippen LogP contribution in [0.1, 0.15) is 18.4 Å². The molecule has 0 heterocycles. The summed E-state index contributed by atoms with van der Waals surface area (Å²) < 4.78 is 0. The Morgan fingerprint density at radius 2 is 1.75 bits per heavy atom. The number of fused-ring (bicyclic) bond motifs is 1. The lowest BCUT2D eigenvalue weighted by molar-refractivity contribution is 0.417. The van der Waals surface area contributed by atoms with Crippen LogP contribution >= 0.6 is 0 Å². The van der Waals surface area contributed by atoms with E-state index in [1.165, 1.54) is 24.8 Å². The van der Waals surface area contributed by atoms with Gasteiger partial charge in [-0.1, -0.05) is 54.6 Å². The summed E-state index contributed by atoms with van der Waals surface area (Å²) in [6.45, 7) is 0. The Labute approximate surface area is 97.7 Å². The minimum atomic E-state index is 0.796. The molecule has 16 heavy (non-hydrogen) atoms. The fourth-order valence-corrected chi connectivity index (χ4v) is 3.22. The van der Waals surface area contributed by atoms with Gasteiger partial charge < -0.3 is 0 Å². The standard InChI is InChI=1S/C16H18/c1-2-6-13(7-3-1)12-15-11-10-14-8-4-5-9-16(14)15/h1-9,14-16H,10-12H2. The smallest absolute Gasteiger partial charge is 0.0136 e. The number of allylic oxidation sites excluding steroid dienone is 4. The van der Waals surface area contributed by atoms with Crippen molar-refractivity contribution < 1.29 is 0 Å². The van der Waals surface area contributed by atoms with E-state index in [-0.39, 0.29) is 0 Å². The fraction of sp³-hybridized carbons (Fsp3) is 0.375. The van der Waals surface area contributed by atoms with Gasteiger partial charge in [-0.15, -0.1) is 0 Å². The summed E-state index contributed by atoms with van der Waals surface area (Å²) in [5.74, 6) is 2.47. The van der Waals surface area contributed by atoms with E-state index in [9.17, 15) is 0 Å². The Balaban J connectivity index is 1.73. The van der Waals surface area contributed by atoms with Gasteiger partial charge in [-0.2, -0.15) is 0 Å². The summed E-state index contributed by atoms with van der Waals surface area (Å²) in [7, 11) is 0. The van der Waals surface area contributed by atoms with Crippen LogP contribution in [0.25, 0.3) is 0 Å². The third-order valence-corrected chi connectivity index (χ3v) is 4.05. The molecule has 0 bridgehead atoms. The number of benzene rings is 1. The van der Waals surface area contributed by atoms with Gasteiger partial charge in [0.25, 0.3) is 0 Å². The molecule has 0 spiro atoms. The minimum Gasteiger partial charge on any atom is -0.0808 e. The van der Waals surface area contributed by atoms with Gasteiger partial charge in [0.05, 0.1) is 0 Å². The third kappa shape index (κ3) is 1.84. The first kappa shape index (κ1) is 9.89. The highest BCUT2D eigenvalue weighted by Crippen LogP contribution is 2.41. The van der Waals surface area contributed by atoms with E-state index in [1.807, 2.05) is 0 Å². The van der Waals surface area contributed by atoms with Gasteiger partial charge in [-0.25, -0.2) is 0 Å². The molecule has 1 aromatic carbocycles. The lowest BCUT2D eigenvalue weighted by atomic mass is 9.83. The second-order valence-electron chi connectivity index (χ2n) is 5.04. The molecule has 1 aromatic rings. The summed E-state index contributed by atoms with van der Waals surface area (Å²) in [6, 6.07) is 10.9. The van der Waals surface area contributed by atoms with E-state index in [1.54, 1.807) is 0 Å². The molecule has 1 saturated carbocycles. The largest absolute Gasteiger partial charge is 0.0808 e. The minimum absolute atomic E-state index is 0.796. The summed E-state index contributed by atoms with van der Waals surface area (Å²) >= 11 is 0. The molecule has 1 fully saturated rings. The van der Waals surface area contributed by atoms with Gasteiger partial charge in [-0.05, 0) is 42.6 Å². The van der Waals surface area contributed by atoms with Crippen LogP contribution in [0.2, 0.25) is 0 Å². The first-order chi connectivity index (χ1) is 7.93. The van der Waals surface area contributed by atoms with Crippen molar-refractivity contribution in [3.8, 4) is 0 Å². The van der Waals surface area contributed by atoms with Crippen LogP contribution < -0.4 is 0 Å². The molecule has 3 atom stereocenters. The first-order valence-electron chi connectivity index (χ1n) is 6.32. The van der Waals surface area contributed by atoms with Crippen molar-refractivity contribution in [3.05, 3.63) is 60.2 Å². The average Bonchev–Trinajstić information content (AvgIpc) is 2.74. The predicted octanol–water partition coefficient (Wildman–Crippen LogP) is 4.00. The summed E-state index contributed by atoms with van der Waals surface area (Å²) in [5, 5.41) is 0. The normalized spacial score (nSPS) is 31.6. The van der Waals surface area contributed by atoms with Crippen molar-refractivity contribution >= 4 is 0 Å². The molecular weight excluding hydrogens is 192 g/mol. The average molecular weight is 210 g/mol. The van der Waals surface area contributed by atoms with Crippen molar-refractivity contribution in [2.45, 2.75) is 19.3 Å². The maximum atomic E-state index is 2.42. The molecule has 2 aliphatic carbocycles. The van der Waals surface area contributed by atoms with Gasteiger partial charge in [0.1, 0.15) is 0 Å². The maximum Gasteiger partial charge on any atom is -0.0136 e. The highest BCUT2D eigenvalue weighted by molar-refractivity contribution is 5.20. The van der Waals surface area contributed by atoms with Crippen LogP contribution in [0.4, 0.5) is 0 Å². The zero-order chi connectivity index (χ0) is 10.8. The zero-order valence-corrected chi connectivity index (χ0v) is 9.55. The van der Waals surface area contributed by atoms with E-state index in [0.29, 0.717) is 0 Å². The molecule has 0 N–H and O–H groups in total. The zero-order valence-electron chi connectivity index (χ0n) is 9.55. The highest BCUT2D eigenvalue weighted by atomic mass is 14.4. The Bertz CT molecular complexity index is 399. The Hall–Kier alpha value is -1.30. The summed E-state index contributed by atoms with van der Waals surface area (Å²) in [5.41, 5.74) is 1.50. The maximum absolute atomic E-state index is 2.42. The predicted molar refractivity (Wildman–Crippen MR) is 68.1 cm³/mol. The SMILES string of the molecule is C1=CC2CCC(Cc3ccccc3)C2C=C1. The molecule has 0 aliphatic heterocycles. The molecule has 2 aliphatic rings. The molecular formula is C16H18. The lowest BCUT2D eigenvalue weighted by Crippen LogP contribution is -2.14. The van der Waals surface area contributed by atoms with Crippen LogP contribution in [0.3, 0.4) is 0 Å². The molecule has 0 nitrogen and oxygen atoms in total. The van der Waals surface area contributed by atoms with Crippen LogP contribution in [0.15, 0.2) is 54.6 Å². The van der Waals surface area contributed by atoms with Crippen molar-refractivity contribution in [2.24, 2.45) is 17.8 Å². The molecule has 82 valence electrons. The number of hydrogen-bond donors (Lipinski definition) is 0. The molecule has 0 heteroatoms. The number of hydrogen-bond acceptors (Lipinski definition) is 0. The van der Waals surface area contributed by atoms with Crippen molar-refractivity contribution in [3.63, 3.8) is 0 Å². The van der Waals surface area contributed by atoms with Crippen LogP contribution in [0.5, 0.6) is 0 Å². The molecule has 3 unspecified atom stereocenters. The van der Waals surface area contributed by atoms with Gasteiger partial charge in [-0.3, -0.25) is 0 Å². The van der Waals surface area contributed by atoms with E-state index >= 15 is 0 Å². The Morgan fingerprint density at radius 1 is 0.938 bits per heavy atom. The second-order valence-corrected chi connectivity index (χ2v) is 5.04. The van der Waals surface area contributed by atoms with Gasteiger partial charge in [0.2, 0.25) is 0 Å². The van der Waals surface area contributed by atoms with Crippen molar-refractivity contribution in [1.82, 2.24) is 0 Å². The van der Waals surface area contributed by atoms with Gasteiger partial charge in [0, 0.05) is 0 Å². The first-order valence-corrected chi connectivity index (χ1v) is 6.32. The summed E-state index contributed by atoms with van der Waals surface area (Å²) in [6.07, 6.45) is 13.3. The lowest BCUT2D eigenvalue weighted by Gasteiger charge is -2.21. The van der Waals surface area contributed by atoms with Crippen LogP contribution in [-0.2, 0) is 6.42 Å². The Kier molecular flexibility index (Phi) is 2.65. The number of rotatable bonds is 2. The third-order valence-electron chi connectivity index (χ3n) is 4.05. The van der Waals surface area contributed by atoms with Crippen molar-refractivity contribution in [1.29, 1.82) is 0 Å². The van der Waals surface area contributed by atoms with Crippen LogP contribution in [-0.4, -0.2) is 0 Å². The Morgan fingerprint density at radius 3 is 2.62 bits per heavy atom. The van der Waals surface area contributed by atoms with Crippen LogP contribution in [0, 0.1) is 17.8 Å². The van der Waals surface area contributed by atoms with Crippen molar-refractivity contribution in [2.75, 3.05) is 0 Å². The highest BCUT2D eigenvalue weighted by Gasteiger charge is 2.33. The molecule has 0 aromatic heterocycles. The molecule has 0 amide bonds. The summed E-state index contributed by atoms with van der Waals surface area (Å²) in [4.78, 5) is 0. The quantitative estimate of drug-likeness (QED) is 0.692. The molecule has 3 rings (SSSR count). The van der Waals surface area contributed by atoms with E-state index in [0.717, 1.165) is 17.8 Å². The van der Waals surface area contributed by atoms with E-state index < -0.39 is 0 Å². The monoisotopic (exact) mass is 210 g/mol. The topological polar surface area (TPSA) is 0 Å². The van der Waals surface area contributed by atoms with E-state index in [4.69, 9.17) is 0 Å². The van der Waals surface area contributed by atoms with E-state index in [2.05, 4.69) is 54.6 Å². The molecule has 0 radical (unpaired) electrons. The van der Waals surface area contributed by atoms with Gasteiger partial charge >= 0.3 is 0 Å².